The van der Waals surface area contributed by atoms with Crippen molar-refractivity contribution in [1.82, 2.24) is 5.32 Å². The van der Waals surface area contributed by atoms with Gasteiger partial charge in [-0.25, -0.2) is 4.79 Å². The predicted octanol–water partition coefficient (Wildman–Crippen LogP) is 6.20. The van der Waals surface area contributed by atoms with Crippen molar-refractivity contribution in [3.8, 4) is 5.75 Å². The number of amides is 1. The van der Waals surface area contributed by atoms with Gasteiger partial charge in [-0.15, -0.1) is 0 Å². The minimum absolute atomic E-state index is 0.00133. The highest BCUT2D eigenvalue weighted by atomic mass is 35.5. The lowest BCUT2D eigenvalue weighted by atomic mass is 10.1. The Morgan fingerprint density at radius 3 is 2.29 bits per heavy atom. The maximum atomic E-state index is 13.0. The number of esters is 1. The molecular formula is C26H23Cl2N3O6S. The van der Waals surface area contributed by atoms with Gasteiger partial charge in [0, 0.05) is 27.4 Å². The van der Waals surface area contributed by atoms with E-state index in [4.69, 9.17) is 44.9 Å². The van der Waals surface area contributed by atoms with Gasteiger partial charge in [-0.3, -0.25) is 20.2 Å². The first-order valence-corrected chi connectivity index (χ1v) is 12.6. The van der Waals surface area contributed by atoms with E-state index in [0.717, 1.165) is 6.07 Å². The van der Waals surface area contributed by atoms with Crippen LogP contribution in [0.3, 0.4) is 0 Å². The van der Waals surface area contributed by atoms with E-state index in [0.29, 0.717) is 26.9 Å². The van der Waals surface area contributed by atoms with E-state index in [1.54, 1.807) is 61.2 Å². The number of benzene rings is 3. The first-order valence-electron chi connectivity index (χ1n) is 11.4. The fourth-order valence-electron chi connectivity index (χ4n) is 3.41. The summed E-state index contributed by atoms with van der Waals surface area (Å²) in [5.41, 5.74) is 1.23. The Hall–Kier alpha value is -3.73. The molecule has 38 heavy (non-hydrogen) atoms. The highest BCUT2D eigenvalue weighted by Gasteiger charge is 2.22. The highest BCUT2D eigenvalue weighted by Crippen LogP contribution is 2.29. The van der Waals surface area contributed by atoms with Crippen LogP contribution in [0.15, 0.2) is 60.7 Å². The van der Waals surface area contributed by atoms with E-state index >= 15 is 0 Å². The Kier molecular flexibility index (Phi) is 10.0. The molecule has 0 aliphatic heterocycles. The minimum atomic E-state index is -0.656. The van der Waals surface area contributed by atoms with Gasteiger partial charge >= 0.3 is 11.7 Å². The molecule has 1 N–H and O–H groups in total. The SMILES string of the molecule is CCOC(=O)c1ccc(N(Cc2ccc(Cl)cc2Cl)C(=S)NC(=O)c2ccc(OCC)c([N+](=O)[O-])c2)cc1. The zero-order chi connectivity index (χ0) is 27.8. The molecule has 0 fully saturated rings. The monoisotopic (exact) mass is 575 g/mol. The number of carbonyl (C=O) groups is 2. The van der Waals surface area contributed by atoms with Gasteiger partial charge in [0.2, 0.25) is 0 Å². The molecule has 3 aromatic carbocycles. The minimum Gasteiger partial charge on any atom is -0.487 e. The number of carbonyl (C=O) groups excluding carboxylic acids is 2. The van der Waals surface area contributed by atoms with Crippen LogP contribution in [-0.2, 0) is 11.3 Å². The second kappa shape index (κ2) is 13.2. The Morgan fingerprint density at radius 2 is 1.68 bits per heavy atom. The van der Waals surface area contributed by atoms with E-state index in [9.17, 15) is 19.7 Å². The fourth-order valence-corrected chi connectivity index (χ4v) is 4.14. The van der Waals surface area contributed by atoms with Crippen molar-refractivity contribution in [2.24, 2.45) is 0 Å². The molecule has 0 saturated heterocycles. The molecular weight excluding hydrogens is 553 g/mol. The summed E-state index contributed by atoms with van der Waals surface area (Å²) >= 11 is 18.0. The molecule has 0 spiro atoms. The number of nitrogens with zero attached hydrogens (tertiary/aromatic N) is 2. The number of rotatable bonds is 9. The molecule has 0 unspecified atom stereocenters. The quantitative estimate of drug-likeness (QED) is 0.139. The van der Waals surface area contributed by atoms with Gasteiger partial charge in [-0.2, -0.15) is 0 Å². The van der Waals surface area contributed by atoms with Crippen molar-refractivity contribution >= 4 is 63.8 Å². The maximum Gasteiger partial charge on any atom is 0.338 e. The molecule has 198 valence electrons. The largest absolute Gasteiger partial charge is 0.487 e. The van der Waals surface area contributed by atoms with Crippen LogP contribution < -0.4 is 15.0 Å². The summed E-state index contributed by atoms with van der Waals surface area (Å²) < 4.78 is 10.3. The van der Waals surface area contributed by atoms with Crippen molar-refractivity contribution in [3.05, 3.63) is 97.5 Å². The van der Waals surface area contributed by atoms with E-state index < -0.39 is 16.8 Å². The average Bonchev–Trinajstić information content (AvgIpc) is 2.88. The molecule has 9 nitrogen and oxygen atoms in total. The molecule has 0 bridgehead atoms. The number of halogens is 2. The van der Waals surface area contributed by atoms with Crippen LogP contribution in [0, 0.1) is 10.1 Å². The van der Waals surface area contributed by atoms with Crippen LogP contribution in [-0.4, -0.2) is 35.1 Å². The normalized spacial score (nSPS) is 10.4. The summed E-state index contributed by atoms with van der Waals surface area (Å²) in [5.74, 6) is -1.08. The maximum absolute atomic E-state index is 13.0. The first kappa shape index (κ1) is 28.8. The van der Waals surface area contributed by atoms with Gasteiger partial charge < -0.3 is 14.4 Å². The number of anilines is 1. The van der Waals surface area contributed by atoms with Crippen LogP contribution in [0.1, 0.15) is 40.1 Å². The molecule has 0 atom stereocenters. The van der Waals surface area contributed by atoms with Crippen LogP contribution in [0.25, 0.3) is 0 Å². The molecule has 0 heterocycles. The Morgan fingerprint density at radius 1 is 1.00 bits per heavy atom. The lowest BCUT2D eigenvalue weighted by Crippen LogP contribution is -2.42. The number of nitro benzene ring substituents is 1. The van der Waals surface area contributed by atoms with Gasteiger partial charge in [-0.05, 0) is 80.2 Å². The number of hydrogen-bond donors (Lipinski definition) is 1. The molecule has 3 aromatic rings. The van der Waals surface area contributed by atoms with Crippen molar-refractivity contribution in [2.75, 3.05) is 18.1 Å². The van der Waals surface area contributed by atoms with Crippen molar-refractivity contribution < 1.29 is 24.0 Å². The smallest absolute Gasteiger partial charge is 0.338 e. The van der Waals surface area contributed by atoms with Crippen LogP contribution in [0.5, 0.6) is 5.75 Å². The second-order valence-corrected chi connectivity index (χ2v) is 8.95. The van der Waals surface area contributed by atoms with Crippen LogP contribution in [0.4, 0.5) is 11.4 Å². The van der Waals surface area contributed by atoms with Gasteiger partial charge in [-0.1, -0.05) is 29.3 Å². The number of nitrogens with one attached hydrogen (secondary N) is 1. The Bertz CT molecular complexity index is 1370. The van der Waals surface area contributed by atoms with Crippen molar-refractivity contribution in [2.45, 2.75) is 20.4 Å². The van der Waals surface area contributed by atoms with Gasteiger partial charge in [0.25, 0.3) is 5.91 Å². The van der Waals surface area contributed by atoms with E-state index in [1.165, 1.54) is 12.1 Å². The molecule has 0 radical (unpaired) electrons. The average molecular weight is 576 g/mol. The van der Waals surface area contributed by atoms with E-state index in [-0.39, 0.29) is 41.9 Å². The zero-order valence-corrected chi connectivity index (χ0v) is 22.7. The second-order valence-electron chi connectivity index (χ2n) is 7.72. The number of thiocarbonyl (C=S) groups is 1. The number of hydrogen-bond acceptors (Lipinski definition) is 7. The summed E-state index contributed by atoms with van der Waals surface area (Å²) in [6, 6.07) is 15.3. The molecule has 0 saturated carbocycles. The standard InChI is InChI=1S/C26H23Cl2N3O6S/c1-3-36-23-12-8-17(13-22(23)31(34)35)24(32)29-26(38)30(15-18-5-9-19(27)14-21(18)28)20-10-6-16(7-11-20)25(33)37-4-2/h5-14H,3-4,15H2,1-2H3,(H,29,32,38). The number of nitro groups is 1. The third-order valence-corrected chi connectivity index (χ3v) is 6.13. The van der Waals surface area contributed by atoms with E-state index in [1.807, 2.05) is 0 Å². The topological polar surface area (TPSA) is 111 Å². The number of ether oxygens (including phenoxy) is 2. The molecule has 12 heteroatoms. The van der Waals surface area contributed by atoms with Gasteiger partial charge in [0.15, 0.2) is 10.9 Å². The summed E-state index contributed by atoms with van der Waals surface area (Å²) in [6.45, 7) is 4.03. The van der Waals surface area contributed by atoms with Crippen LogP contribution >= 0.6 is 35.4 Å². The van der Waals surface area contributed by atoms with Gasteiger partial charge in [0.05, 0.1) is 30.2 Å². The predicted molar refractivity (Wildman–Crippen MR) is 149 cm³/mol. The summed E-state index contributed by atoms with van der Waals surface area (Å²) in [4.78, 5) is 37.5. The molecule has 0 aliphatic rings. The summed E-state index contributed by atoms with van der Waals surface area (Å²) in [7, 11) is 0. The van der Waals surface area contributed by atoms with Crippen molar-refractivity contribution in [1.29, 1.82) is 0 Å². The lowest BCUT2D eigenvalue weighted by Gasteiger charge is -2.26. The molecule has 0 aromatic heterocycles. The molecule has 1 amide bonds. The summed E-state index contributed by atoms with van der Waals surface area (Å²) in [5, 5.41) is 14.9. The lowest BCUT2D eigenvalue weighted by molar-refractivity contribution is -0.385. The fraction of sp³-hybridized carbons (Fsp3) is 0.192. The highest BCUT2D eigenvalue weighted by molar-refractivity contribution is 7.80. The third-order valence-electron chi connectivity index (χ3n) is 5.22. The zero-order valence-electron chi connectivity index (χ0n) is 20.4. The Labute approximate surface area is 234 Å². The molecule has 0 aliphatic carbocycles. The van der Waals surface area contributed by atoms with Crippen molar-refractivity contribution in [3.63, 3.8) is 0 Å². The third kappa shape index (κ3) is 7.18. The molecule has 3 rings (SSSR count). The first-order chi connectivity index (χ1) is 18.1. The van der Waals surface area contributed by atoms with Gasteiger partial charge in [0.1, 0.15) is 0 Å². The Balaban J connectivity index is 1.91. The van der Waals surface area contributed by atoms with Crippen LogP contribution in [0.2, 0.25) is 10.0 Å². The van der Waals surface area contributed by atoms with E-state index in [2.05, 4.69) is 5.32 Å². The summed E-state index contributed by atoms with van der Waals surface area (Å²) in [6.07, 6.45) is 0.